The minimum Gasteiger partial charge on any atom is -0.492 e. The van der Waals surface area contributed by atoms with Crippen molar-refractivity contribution in [3.05, 3.63) is 77.9 Å². The first-order chi connectivity index (χ1) is 15.8. The molecule has 7 nitrogen and oxygen atoms in total. The maximum atomic E-state index is 13.2. The number of carbonyl (C=O) groups excluding carboxylic acids is 3. The Morgan fingerprint density at radius 2 is 1.73 bits per heavy atom. The second-order valence-electron chi connectivity index (χ2n) is 8.49. The van der Waals surface area contributed by atoms with Gasteiger partial charge in [0.15, 0.2) is 0 Å². The summed E-state index contributed by atoms with van der Waals surface area (Å²) >= 11 is 0. The van der Waals surface area contributed by atoms with E-state index in [4.69, 9.17) is 4.74 Å². The Hall–Kier alpha value is -3.87. The molecule has 4 rings (SSSR count). The molecule has 0 aromatic heterocycles. The summed E-state index contributed by atoms with van der Waals surface area (Å²) in [6, 6.07) is 20.5. The molecule has 3 aromatic carbocycles. The molecule has 33 heavy (non-hydrogen) atoms. The highest BCUT2D eigenvalue weighted by atomic mass is 16.5. The van der Waals surface area contributed by atoms with Crippen molar-refractivity contribution in [3.8, 4) is 5.75 Å². The van der Waals surface area contributed by atoms with Crippen molar-refractivity contribution in [2.75, 3.05) is 26.7 Å². The molecule has 1 heterocycles. The average Bonchev–Trinajstić information content (AvgIpc) is 3.03. The largest absolute Gasteiger partial charge is 0.492 e. The van der Waals surface area contributed by atoms with Crippen molar-refractivity contribution in [2.45, 2.75) is 19.4 Å². The molecule has 0 radical (unpaired) electrons. The highest BCUT2D eigenvalue weighted by Crippen LogP contribution is 2.31. The van der Waals surface area contributed by atoms with Crippen LogP contribution >= 0.6 is 0 Å². The summed E-state index contributed by atoms with van der Waals surface area (Å²) in [6.07, 6.45) is 0. The number of hydrogen-bond donors (Lipinski definition) is 1. The van der Waals surface area contributed by atoms with E-state index in [0.717, 1.165) is 27.0 Å². The van der Waals surface area contributed by atoms with E-state index in [2.05, 4.69) is 5.32 Å². The van der Waals surface area contributed by atoms with E-state index < -0.39 is 17.5 Å². The monoisotopic (exact) mass is 445 g/mol. The molecular weight excluding hydrogens is 418 g/mol. The summed E-state index contributed by atoms with van der Waals surface area (Å²) in [7, 11) is 1.63. The van der Waals surface area contributed by atoms with E-state index in [1.807, 2.05) is 73.7 Å². The highest BCUT2D eigenvalue weighted by molar-refractivity contribution is 6.09. The fourth-order valence-electron chi connectivity index (χ4n) is 3.85. The van der Waals surface area contributed by atoms with Gasteiger partial charge < -0.3 is 15.0 Å². The molecule has 1 unspecified atom stereocenters. The normalized spacial score (nSPS) is 17.8. The van der Waals surface area contributed by atoms with Crippen LogP contribution in [0.2, 0.25) is 0 Å². The molecule has 0 aliphatic carbocycles. The van der Waals surface area contributed by atoms with Crippen LogP contribution in [0.4, 0.5) is 4.79 Å². The minimum atomic E-state index is -1.23. The number of benzene rings is 3. The molecule has 1 aliphatic rings. The standard InChI is InChI=1S/C26H27N3O4/c1-18-8-12-22(13-9-18)33-15-14-28(3)23(30)17-29-24(31)26(2,27-25(29)32)21-11-10-19-6-4-5-7-20(19)16-21/h4-13,16H,14-15,17H2,1-3H3,(H,27,32). The number of carbonyl (C=O) groups is 3. The van der Waals surface area contributed by atoms with Gasteiger partial charge in [-0.25, -0.2) is 4.79 Å². The van der Waals surface area contributed by atoms with Crippen molar-refractivity contribution in [1.82, 2.24) is 15.1 Å². The predicted octanol–water partition coefficient (Wildman–Crippen LogP) is 3.45. The first-order valence-corrected chi connectivity index (χ1v) is 10.8. The lowest BCUT2D eigenvalue weighted by Crippen LogP contribution is -2.44. The Bertz CT molecular complexity index is 1210. The number of nitrogens with zero attached hydrogens (tertiary/aromatic N) is 2. The molecular formula is C26H27N3O4. The summed E-state index contributed by atoms with van der Waals surface area (Å²) in [5.74, 6) is -0.0593. The van der Waals surface area contributed by atoms with E-state index in [9.17, 15) is 14.4 Å². The molecule has 1 N–H and O–H groups in total. The van der Waals surface area contributed by atoms with Crippen LogP contribution in [-0.2, 0) is 15.1 Å². The van der Waals surface area contributed by atoms with Crippen LogP contribution in [0.3, 0.4) is 0 Å². The molecule has 170 valence electrons. The predicted molar refractivity (Wildman–Crippen MR) is 126 cm³/mol. The number of hydrogen-bond acceptors (Lipinski definition) is 4. The van der Waals surface area contributed by atoms with Crippen molar-refractivity contribution in [2.24, 2.45) is 0 Å². The highest BCUT2D eigenvalue weighted by Gasteiger charge is 2.49. The van der Waals surface area contributed by atoms with Gasteiger partial charge in [0, 0.05) is 7.05 Å². The van der Waals surface area contributed by atoms with Gasteiger partial charge in [-0.3, -0.25) is 14.5 Å². The zero-order valence-electron chi connectivity index (χ0n) is 19.0. The van der Waals surface area contributed by atoms with E-state index in [1.54, 1.807) is 14.0 Å². The number of fused-ring (bicyclic) bond motifs is 1. The SMILES string of the molecule is Cc1ccc(OCCN(C)C(=O)CN2C(=O)NC(C)(c3ccc4ccccc4c3)C2=O)cc1. The summed E-state index contributed by atoms with van der Waals surface area (Å²) in [5.41, 5.74) is 0.586. The lowest BCUT2D eigenvalue weighted by atomic mass is 9.90. The van der Waals surface area contributed by atoms with Crippen LogP contribution in [0.1, 0.15) is 18.1 Å². The lowest BCUT2D eigenvalue weighted by molar-refractivity contribution is -0.138. The van der Waals surface area contributed by atoms with Crippen LogP contribution in [0.5, 0.6) is 5.75 Å². The number of aryl methyl sites for hydroxylation is 1. The van der Waals surface area contributed by atoms with E-state index in [1.165, 1.54) is 4.90 Å². The molecule has 0 spiro atoms. The Kier molecular flexibility index (Phi) is 6.05. The number of urea groups is 1. The third-order valence-electron chi connectivity index (χ3n) is 6.04. The van der Waals surface area contributed by atoms with Gasteiger partial charge in [-0.05, 0) is 48.4 Å². The summed E-state index contributed by atoms with van der Waals surface area (Å²) in [4.78, 5) is 41.0. The molecule has 0 saturated carbocycles. The van der Waals surface area contributed by atoms with Gasteiger partial charge >= 0.3 is 6.03 Å². The quantitative estimate of drug-likeness (QED) is 0.565. The maximum absolute atomic E-state index is 13.2. The second kappa shape index (κ2) is 8.94. The van der Waals surface area contributed by atoms with E-state index in [0.29, 0.717) is 18.7 Å². The van der Waals surface area contributed by atoms with Crippen molar-refractivity contribution >= 4 is 28.6 Å². The van der Waals surface area contributed by atoms with Crippen LogP contribution in [0.25, 0.3) is 10.8 Å². The maximum Gasteiger partial charge on any atom is 0.325 e. The smallest absolute Gasteiger partial charge is 0.325 e. The number of ether oxygens (including phenoxy) is 1. The molecule has 7 heteroatoms. The molecule has 3 aromatic rings. The lowest BCUT2D eigenvalue weighted by Gasteiger charge is -2.23. The van der Waals surface area contributed by atoms with Crippen molar-refractivity contribution in [3.63, 3.8) is 0 Å². The number of amides is 4. The summed E-state index contributed by atoms with van der Waals surface area (Å²) < 4.78 is 5.67. The molecule has 1 saturated heterocycles. The first-order valence-electron chi connectivity index (χ1n) is 10.8. The summed E-state index contributed by atoms with van der Waals surface area (Å²) in [5, 5.41) is 4.78. The Labute approximate surface area is 192 Å². The third-order valence-corrected chi connectivity index (χ3v) is 6.04. The number of nitrogens with one attached hydrogen (secondary N) is 1. The van der Waals surface area contributed by atoms with Gasteiger partial charge in [-0.2, -0.15) is 0 Å². The zero-order chi connectivity index (χ0) is 23.6. The molecule has 1 atom stereocenters. The van der Waals surface area contributed by atoms with Crippen LogP contribution in [0, 0.1) is 6.92 Å². The molecule has 1 fully saturated rings. The van der Waals surface area contributed by atoms with Crippen LogP contribution in [-0.4, -0.2) is 54.4 Å². The third kappa shape index (κ3) is 4.53. The van der Waals surface area contributed by atoms with Crippen LogP contribution in [0.15, 0.2) is 66.7 Å². The van der Waals surface area contributed by atoms with E-state index >= 15 is 0 Å². The van der Waals surface area contributed by atoms with Gasteiger partial charge in [0.25, 0.3) is 5.91 Å². The fourth-order valence-corrected chi connectivity index (χ4v) is 3.85. The average molecular weight is 446 g/mol. The molecule has 0 bridgehead atoms. The van der Waals surface area contributed by atoms with Crippen molar-refractivity contribution < 1.29 is 19.1 Å². The Balaban J connectivity index is 1.39. The van der Waals surface area contributed by atoms with E-state index in [-0.39, 0.29) is 12.5 Å². The first kappa shape index (κ1) is 22.3. The Morgan fingerprint density at radius 3 is 2.45 bits per heavy atom. The van der Waals surface area contributed by atoms with Gasteiger partial charge in [0.05, 0.1) is 6.54 Å². The summed E-state index contributed by atoms with van der Waals surface area (Å²) in [6.45, 7) is 3.98. The van der Waals surface area contributed by atoms with Crippen molar-refractivity contribution in [1.29, 1.82) is 0 Å². The topological polar surface area (TPSA) is 79.0 Å². The minimum absolute atomic E-state index is 0.306. The number of imide groups is 1. The van der Waals surface area contributed by atoms with Gasteiger partial charge in [0.2, 0.25) is 5.91 Å². The number of rotatable bonds is 7. The van der Waals surface area contributed by atoms with Gasteiger partial charge in [0.1, 0.15) is 24.4 Å². The zero-order valence-corrected chi connectivity index (χ0v) is 19.0. The molecule has 4 amide bonds. The Morgan fingerprint density at radius 1 is 1.03 bits per heavy atom. The molecule has 1 aliphatic heterocycles. The number of likely N-dealkylation sites (N-methyl/N-ethyl adjacent to an activating group) is 1. The van der Waals surface area contributed by atoms with Gasteiger partial charge in [-0.15, -0.1) is 0 Å². The second-order valence-corrected chi connectivity index (χ2v) is 8.49. The van der Waals surface area contributed by atoms with Gasteiger partial charge in [-0.1, -0.05) is 54.1 Å². The fraction of sp³-hybridized carbons (Fsp3) is 0.269. The van der Waals surface area contributed by atoms with Crippen LogP contribution < -0.4 is 10.1 Å².